The van der Waals surface area contributed by atoms with Crippen molar-refractivity contribution in [2.45, 2.75) is 6.92 Å². The van der Waals surface area contributed by atoms with Gasteiger partial charge in [0.2, 0.25) is 0 Å². The molecule has 0 unspecified atom stereocenters. The fourth-order valence-corrected chi connectivity index (χ4v) is 0.750. The second-order valence-corrected chi connectivity index (χ2v) is 2.02. The van der Waals surface area contributed by atoms with E-state index in [1.807, 2.05) is 0 Å². The van der Waals surface area contributed by atoms with Gasteiger partial charge in [-0.15, -0.1) is 0 Å². The molecule has 0 spiro atoms. The van der Waals surface area contributed by atoms with E-state index in [1.54, 1.807) is 6.92 Å². The molecule has 0 aromatic carbocycles. The van der Waals surface area contributed by atoms with Gasteiger partial charge in [0.25, 0.3) is 0 Å². The van der Waals surface area contributed by atoms with Gasteiger partial charge in [0, 0.05) is 5.69 Å². The molecule has 0 radical (unpaired) electrons. The first-order valence-corrected chi connectivity index (χ1v) is 2.90. The van der Waals surface area contributed by atoms with Crippen molar-refractivity contribution in [1.29, 1.82) is 0 Å². The van der Waals surface area contributed by atoms with Gasteiger partial charge in [0.05, 0.1) is 0 Å². The minimum atomic E-state index is -1.18. The summed E-state index contributed by atoms with van der Waals surface area (Å²) in [6.45, 7) is 1.56. The predicted molar refractivity (Wildman–Crippen MR) is 35.8 cm³/mol. The van der Waals surface area contributed by atoms with Crippen molar-refractivity contribution >= 4 is 12.4 Å². The van der Waals surface area contributed by atoms with Crippen LogP contribution in [-0.4, -0.2) is 27.3 Å². The number of aromatic nitrogens is 2. The number of carbonyl (C=O) groups is 2. The summed E-state index contributed by atoms with van der Waals surface area (Å²) in [7, 11) is 0. The molecule has 0 saturated carbocycles. The minimum Gasteiger partial charge on any atom is -0.463 e. The number of rotatable bonds is 1. The molecule has 0 aliphatic carbocycles. The Balaban J connectivity index is 3.16. The number of carboxylic acid groups (broad SMARTS) is 1. The Kier molecular flexibility index (Phi) is 1.72. The summed E-state index contributed by atoms with van der Waals surface area (Å²) in [4.78, 5) is 20.5. The first-order valence-electron chi connectivity index (χ1n) is 2.90. The third-order valence-electron chi connectivity index (χ3n) is 1.21. The maximum Gasteiger partial charge on any atom is 0.432 e. The van der Waals surface area contributed by atoms with Crippen LogP contribution in [0.5, 0.6) is 0 Å². The lowest BCUT2D eigenvalue weighted by Crippen LogP contribution is -2.11. The monoisotopic (exact) mass is 154 g/mol. The summed E-state index contributed by atoms with van der Waals surface area (Å²) in [6.07, 6.45) is -0.678. The summed E-state index contributed by atoms with van der Waals surface area (Å²) < 4.78 is 0.754. The van der Waals surface area contributed by atoms with Crippen LogP contribution in [0, 0.1) is 6.92 Å². The van der Waals surface area contributed by atoms with Crippen LogP contribution < -0.4 is 0 Å². The maximum atomic E-state index is 10.3. The molecule has 0 aliphatic rings. The SMILES string of the molecule is Cc1cc(C=O)nn1C(=O)O. The fraction of sp³-hybridized carbons (Fsp3) is 0.167. The van der Waals surface area contributed by atoms with E-state index in [1.165, 1.54) is 6.07 Å². The van der Waals surface area contributed by atoms with E-state index >= 15 is 0 Å². The van der Waals surface area contributed by atoms with E-state index in [0.717, 1.165) is 4.68 Å². The van der Waals surface area contributed by atoms with E-state index in [2.05, 4.69) is 5.10 Å². The Morgan fingerprint density at radius 3 is 2.73 bits per heavy atom. The van der Waals surface area contributed by atoms with Gasteiger partial charge < -0.3 is 5.11 Å². The standard InChI is InChI=1S/C6H6N2O3/c1-4-2-5(3-9)7-8(4)6(10)11/h2-3H,1H3,(H,10,11). The first kappa shape index (κ1) is 7.46. The average molecular weight is 154 g/mol. The quantitative estimate of drug-likeness (QED) is 0.599. The second kappa shape index (κ2) is 2.53. The van der Waals surface area contributed by atoms with Crippen molar-refractivity contribution in [3.05, 3.63) is 17.5 Å². The number of hydrogen-bond acceptors (Lipinski definition) is 3. The molecule has 1 aromatic rings. The van der Waals surface area contributed by atoms with Gasteiger partial charge in [0.1, 0.15) is 5.69 Å². The lowest BCUT2D eigenvalue weighted by molar-refractivity contribution is 0.111. The molecule has 0 amide bonds. The van der Waals surface area contributed by atoms with Gasteiger partial charge >= 0.3 is 6.09 Å². The van der Waals surface area contributed by atoms with Crippen LogP contribution in [0.4, 0.5) is 4.79 Å². The third-order valence-corrected chi connectivity index (χ3v) is 1.21. The van der Waals surface area contributed by atoms with E-state index in [4.69, 9.17) is 5.11 Å². The predicted octanol–water partition coefficient (Wildman–Crippen LogP) is 0.530. The van der Waals surface area contributed by atoms with Crippen LogP contribution in [-0.2, 0) is 0 Å². The molecular weight excluding hydrogens is 148 g/mol. The Labute approximate surface area is 62.3 Å². The molecule has 1 rings (SSSR count). The van der Waals surface area contributed by atoms with Crippen molar-refractivity contribution in [2.24, 2.45) is 0 Å². The Morgan fingerprint density at radius 1 is 1.82 bits per heavy atom. The zero-order valence-electron chi connectivity index (χ0n) is 5.81. The first-order chi connectivity index (χ1) is 5.15. The Bertz CT molecular complexity index is 303. The summed E-state index contributed by atoms with van der Waals surface area (Å²) in [6, 6.07) is 1.40. The third kappa shape index (κ3) is 1.26. The summed E-state index contributed by atoms with van der Waals surface area (Å²) in [5, 5.41) is 11.9. The summed E-state index contributed by atoms with van der Waals surface area (Å²) in [5.41, 5.74) is 0.560. The molecule has 0 atom stereocenters. The van der Waals surface area contributed by atoms with Crippen LogP contribution in [0.1, 0.15) is 16.2 Å². The molecule has 0 fully saturated rings. The number of aryl methyl sites for hydroxylation is 1. The van der Waals surface area contributed by atoms with E-state index < -0.39 is 6.09 Å². The minimum absolute atomic E-state index is 0.130. The van der Waals surface area contributed by atoms with E-state index in [-0.39, 0.29) is 5.69 Å². The molecule has 1 heterocycles. The van der Waals surface area contributed by atoms with Gasteiger partial charge in [-0.25, -0.2) is 4.79 Å². The highest BCUT2D eigenvalue weighted by Crippen LogP contribution is 1.99. The number of hydrogen-bond donors (Lipinski definition) is 1. The van der Waals surface area contributed by atoms with Gasteiger partial charge in [0.15, 0.2) is 6.29 Å². The maximum absolute atomic E-state index is 10.3. The highest BCUT2D eigenvalue weighted by molar-refractivity contribution is 5.74. The lowest BCUT2D eigenvalue weighted by Gasteiger charge is -1.91. The molecule has 11 heavy (non-hydrogen) atoms. The number of carbonyl (C=O) groups excluding carboxylic acids is 1. The van der Waals surface area contributed by atoms with Gasteiger partial charge in [-0.2, -0.15) is 9.78 Å². The second-order valence-electron chi connectivity index (χ2n) is 2.02. The molecule has 0 saturated heterocycles. The van der Waals surface area contributed by atoms with Gasteiger partial charge in [-0.3, -0.25) is 4.79 Å². The van der Waals surface area contributed by atoms with Gasteiger partial charge in [-0.1, -0.05) is 0 Å². The molecule has 1 N–H and O–H groups in total. The van der Waals surface area contributed by atoms with Crippen LogP contribution >= 0.6 is 0 Å². The van der Waals surface area contributed by atoms with Crippen LogP contribution in [0.25, 0.3) is 0 Å². The lowest BCUT2D eigenvalue weighted by atomic mass is 10.4. The molecule has 58 valence electrons. The van der Waals surface area contributed by atoms with Crippen molar-refractivity contribution in [1.82, 2.24) is 9.78 Å². The van der Waals surface area contributed by atoms with E-state index in [9.17, 15) is 9.59 Å². The Morgan fingerprint density at radius 2 is 2.45 bits per heavy atom. The highest BCUT2D eigenvalue weighted by atomic mass is 16.4. The largest absolute Gasteiger partial charge is 0.463 e. The average Bonchev–Trinajstić information content (AvgIpc) is 2.30. The van der Waals surface area contributed by atoms with Crippen LogP contribution in [0.2, 0.25) is 0 Å². The zero-order valence-corrected chi connectivity index (χ0v) is 5.81. The topological polar surface area (TPSA) is 72.2 Å². The smallest absolute Gasteiger partial charge is 0.432 e. The molecule has 0 aliphatic heterocycles. The number of nitrogens with zero attached hydrogens (tertiary/aromatic N) is 2. The zero-order chi connectivity index (χ0) is 8.43. The van der Waals surface area contributed by atoms with Crippen molar-refractivity contribution < 1.29 is 14.7 Å². The molecular formula is C6H6N2O3. The Hall–Kier alpha value is -1.65. The van der Waals surface area contributed by atoms with Crippen LogP contribution in [0.3, 0.4) is 0 Å². The molecule has 5 heteroatoms. The summed E-state index contributed by atoms with van der Waals surface area (Å²) >= 11 is 0. The van der Waals surface area contributed by atoms with Crippen molar-refractivity contribution in [3.8, 4) is 0 Å². The van der Waals surface area contributed by atoms with E-state index in [0.29, 0.717) is 12.0 Å². The molecule has 5 nitrogen and oxygen atoms in total. The normalized spacial score (nSPS) is 9.55. The fourth-order valence-electron chi connectivity index (χ4n) is 0.750. The van der Waals surface area contributed by atoms with Crippen molar-refractivity contribution in [2.75, 3.05) is 0 Å². The van der Waals surface area contributed by atoms with Crippen molar-refractivity contribution in [3.63, 3.8) is 0 Å². The van der Waals surface area contributed by atoms with Gasteiger partial charge in [-0.05, 0) is 13.0 Å². The summed E-state index contributed by atoms with van der Waals surface area (Å²) in [5.74, 6) is 0. The molecule has 1 aromatic heterocycles. The number of aldehydes is 1. The highest BCUT2D eigenvalue weighted by Gasteiger charge is 2.07. The van der Waals surface area contributed by atoms with Crippen LogP contribution in [0.15, 0.2) is 6.07 Å². The molecule has 0 bridgehead atoms.